The second-order valence-corrected chi connectivity index (χ2v) is 4.91. The van der Waals surface area contributed by atoms with Crippen LogP contribution in [0.2, 0.25) is 0 Å². The molecular formula is C11H12N2OS. The van der Waals surface area contributed by atoms with Gasteiger partial charge in [0.15, 0.2) is 0 Å². The minimum atomic E-state index is 0.278. The van der Waals surface area contributed by atoms with E-state index in [4.69, 9.17) is 10.5 Å². The first-order valence-electron chi connectivity index (χ1n) is 5.09. The number of nitrogens with zero attached hydrogens (tertiary/aromatic N) is 1. The van der Waals surface area contributed by atoms with Gasteiger partial charge in [-0.3, -0.25) is 0 Å². The van der Waals surface area contributed by atoms with Crippen LogP contribution in [0.1, 0.15) is 12.8 Å². The van der Waals surface area contributed by atoms with E-state index in [-0.39, 0.29) is 6.10 Å². The molecule has 3 rings (SSSR count). The molecule has 1 aromatic heterocycles. The summed E-state index contributed by atoms with van der Waals surface area (Å²) in [5.74, 6) is 0. The molecule has 78 valence electrons. The smallest absolute Gasteiger partial charge is 0.274 e. The van der Waals surface area contributed by atoms with Crippen LogP contribution < -0.4 is 10.5 Å². The van der Waals surface area contributed by atoms with Crippen LogP contribution in [0.15, 0.2) is 24.3 Å². The van der Waals surface area contributed by atoms with Crippen molar-refractivity contribution in [2.24, 2.45) is 5.73 Å². The van der Waals surface area contributed by atoms with Crippen LogP contribution in [0.3, 0.4) is 0 Å². The van der Waals surface area contributed by atoms with Crippen molar-refractivity contribution in [3.05, 3.63) is 24.3 Å². The average molecular weight is 220 g/mol. The molecule has 0 saturated heterocycles. The number of hydrogen-bond acceptors (Lipinski definition) is 4. The summed E-state index contributed by atoms with van der Waals surface area (Å²) in [5, 5.41) is 0.771. The predicted octanol–water partition coefficient (Wildman–Crippen LogP) is 2.16. The van der Waals surface area contributed by atoms with Gasteiger partial charge in [0.2, 0.25) is 0 Å². The normalized spacial score (nSPS) is 25.1. The van der Waals surface area contributed by atoms with Gasteiger partial charge >= 0.3 is 0 Å². The fraction of sp³-hybridized carbons (Fsp3) is 0.364. The number of ether oxygens (including phenoxy) is 1. The van der Waals surface area contributed by atoms with Crippen LogP contribution in [0.4, 0.5) is 0 Å². The van der Waals surface area contributed by atoms with Crippen LogP contribution in [-0.4, -0.2) is 17.1 Å². The van der Waals surface area contributed by atoms with Gasteiger partial charge in [-0.25, -0.2) is 4.98 Å². The fourth-order valence-electron chi connectivity index (χ4n) is 1.75. The lowest BCUT2D eigenvalue weighted by Crippen LogP contribution is -2.43. The van der Waals surface area contributed by atoms with E-state index < -0.39 is 0 Å². The molecule has 1 fully saturated rings. The molecule has 0 spiro atoms. The number of fused-ring (bicyclic) bond motifs is 1. The first-order chi connectivity index (χ1) is 7.31. The molecule has 2 N–H and O–H groups in total. The van der Waals surface area contributed by atoms with Gasteiger partial charge in [-0.1, -0.05) is 23.5 Å². The van der Waals surface area contributed by atoms with Crippen molar-refractivity contribution in [3.63, 3.8) is 0 Å². The summed E-state index contributed by atoms with van der Waals surface area (Å²) in [6, 6.07) is 8.40. The highest BCUT2D eigenvalue weighted by Gasteiger charge is 2.28. The summed E-state index contributed by atoms with van der Waals surface area (Å²) in [7, 11) is 0. The molecule has 1 aliphatic rings. The standard InChI is InChI=1S/C11H12N2OS/c12-7-5-8(6-7)14-11-13-9-3-1-2-4-10(9)15-11/h1-4,7-8H,5-6,12H2/t7-,8-. The number of thiazole rings is 1. The maximum Gasteiger partial charge on any atom is 0.274 e. The van der Waals surface area contributed by atoms with E-state index in [1.165, 1.54) is 4.70 Å². The van der Waals surface area contributed by atoms with Crippen molar-refractivity contribution in [2.45, 2.75) is 25.0 Å². The van der Waals surface area contributed by atoms with Gasteiger partial charge in [0.05, 0.1) is 10.2 Å². The summed E-state index contributed by atoms with van der Waals surface area (Å²) in [5.41, 5.74) is 6.72. The molecule has 1 heterocycles. The number of benzene rings is 1. The van der Waals surface area contributed by atoms with Gasteiger partial charge in [-0.05, 0) is 25.0 Å². The van der Waals surface area contributed by atoms with E-state index in [9.17, 15) is 0 Å². The molecule has 1 aromatic carbocycles. The van der Waals surface area contributed by atoms with E-state index in [0.717, 1.165) is 23.6 Å². The van der Waals surface area contributed by atoms with Gasteiger partial charge < -0.3 is 10.5 Å². The third kappa shape index (κ3) is 1.70. The molecule has 1 saturated carbocycles. The van der Waals surface area contributed by atoms with Crippen LogP contribution in [0.5, 0.6) is 5.19 Å². The zero-order valence-corrected chi connectivity index (χ0v) is 9.04. The Kier molecular flexibility index (Phi) is 2.11. The van der Waals surface area contributed by atoms with Crippen molar-refractivity contribution >= 4 is 21.6 Å². The van der Waals surface area contributed by atoms with E-state index in [0.29, 0.717) is 6.04 Å². The van der Waals surface area contributed by atoms with E-state index in [2.05, 4.69) is 11.1 Å². The van der Waals surface area contributed by atoms with Gasteiger partial charge in [-0.15, -0.1) is 0 Å². The topological polar surface area (TPSA) is 48.1 Å². The van der Waals surface area contributed by atoms with Crippen LogP contribution in [-0.2, 0) is 0 Å². The Morgan fingerprint density at radius 1 is 1.33 bits per heavy atom. The number of nitrogens with two attached hydrogens (primary N) is 1. The minimum absolute atomic E-state index is 0.278. The largest absolute Gasteiger partial charge is 0.467 e. The molecule has 0 radical (unpaired) electrons. The van der Waals surface area contributed by atoms with Crippen molar-refractivity contribution in [1.82, 2.24) is 4.98 Å². The summed E-state index contributed by atoms with van der Waals surface area (Å²) >= 11 is 1.60. The van der Waals surface area contributed by atoms with Crippen LogP contribution in [0, 0.1) is 0 Å². The highest BCUT2D eigenvalue weighted by molar-refractivity contribution is 7.20. The highest BCUT2D eigenvalue weighted by Crippen LogP contribution is 2.31. The molecular weight excluding hydrogens is 208 g/mol. The first kappa shape index (κ1) is 9.12. The first-order valence-corrected chi connectivity index (χ1v) is 5.91. The van der Waals surface area contributed by atoms with Crippen LogP contribution in [0.25, 0.3) is 10.2 Å². The zero-order chi connectivity index (χ0) is 10.3. The zero-order valence-electron chi connectivity index (χ0n) is 8.22. The summed E-state index contributed by atoms with van der Waals surface area (Å²) in [6.07, 6.45) is 2.19. The number of aromatic nitrogens is 1. The Labute approximate surface area is 91.9 Å². The second kappa shape index (κ2) is 3.47. The average Bonchev–Trinajstić information content (AvgIpc) is 2.57. The van der Waals surface area contributed by atoms with E-state index in [1.807, 2.05) is 18.2 Å². The lowest BCUT2D eigenvalue weighted by Gasteiger charge is -2.31. The molecule has 0 unspecified atom stereocenters. The Morgan fingerprint density at radius 2 is 2.13 bits per heavy atom. The molecule has 0 bridgehead atoms. The molecule has 1 aliphatic carbocycles. The molecule has 0 amide bonds. The Hall–Kier alpha value is -1.13. The van der Waals surface area contributed by atoms with Crippen molar-refractivity contribution < 1.29 is 4.74 Å². The lowest BCUT2D eigenvalue weighted by molar-refractivity contribution is 0.101. The van der Waals surface area contributed by atoms with Crippen molar-refractivity contribution in [1.29, 1.82) is 0 Å². The Morgan fingerprint density at radius 3 is 2.87 bits per heavy atom. The number of rotatable bonds is 2. The number of hydrogen-bond donors (Lipinski definition) is 1. The number of para-hydroxylation sites is 1. The summed E-state index contributed by atoms with van der Waals surface area (Å²) in [6.45, 7) is 0. The lowest BCUT2D eigenvalue weighted by atomic mass is 9.90. The van der Waals surface area contributed by atoms with Crippen molar-refractivity contribution in [3.8, 4) is 5.19 Å². The van der Waals surface area contributed by atoms with Gasteiger partial charge in [-0.2, -0.15) is 0 Å². The van der Waals surface area contributed by atoms with Crippen LogP contribution >= 0.6 is 11.3 Å². The monoisotopic (exact) mass is 220 g/mol. The molecule has 0 atom stereocenters. The minimum Gasteiger partial charge on any atom is -0.467 e. The summed E-state index contributed by atoms with van der Waals surface area (Å²) < 4.78 is 6.91. The molecule has 3 nitrogen and oxygen atoms in total. The molecule has 2 aromatic rings. The predicted molar refractivity (Wildman–Crippen MR) is 61.2 cm³/mol. The van der Waals surface area contributed by atoms with E-state index in [1.54, 1.807) is 11.3 Å². The van der Waals surface area contributed by atoms with Gasteiger partial charge in [0.25, 0.3) is 5.19 Å². The quantitative estimate of drug-likeness (QED) is 0.843. The third-order valence-corrected chi connectivity index (χ3v) is 3.60. The van der Waals surface area contributed by atoms with Gasteiger partial charge in [0.1, 0.15) is 6.10 Å². The third-order valence-electron chi connectivity index (χ3n) is 2.67. The van der Waals surface area contributed by atoms with Crippen molar-refractivity contribution in [2.75, 3.05) is 0 Å². The fourth-order valence-corrected chi connectivity index (χ4v) is 2.63. The maximum absolute atomic E-state index is 5.73. The Balaban J connectivity index is 1.80. The van der Waals surface area contributed by atoms with Gasteiger partial charge in [0, 0.05) is 6.04 Å². The summed E-state index contributed by atoms with van der Waals surface area (Å²) in [4.78, 5) is 4.42. The molecule has 15 heavy (non-hydrogen) atoms. The Bertz CT molecular complexity index is 443. The SMILES string of the molecule is N[C@H]1C[C@H](Oc2nc3ccccc3s2)C1. The highest BCUT2D eigenvalue weighted by atomic mass is 32.1. The van der Waals surface area contributed by atoms with E-state index >= 15 is 0 Å². The maximum atomic E-state index is 5.73. The second-order valence-electron chi connectivity index (χ2n) is 3.92. The molecule has 0 aliphatic heterocycles. The molecule has 4 heteroatoms.